The number of anilines is 1. The van der Waals surface area contributed by atoms with E-state index >= 15 is 0 Å². The van der Waals surface area contributed by atoms with Gasteiger partial charge in [0.1, 0.15) is 0 Å². The van der Waals surface area contributed by atoms with Crippen LogP contribution in [-0.2, 0) is 11.2 Å². The Kier molecular flexibility index (Phi) is 6.23. The molecule has 0 aliphatic heterocycles. The van der Waals surface area contributed by atoms with Crippen molar-refractivity contribution in [1.82, 2.24) is 5.32 Å². The number of benzene rings is 1. The topological polar surface area (TPSA) is 84.2 Å². The fourth-order valence-electron chi connectivity index (χ4n) is 3.68. The zero-order valence-electron chi connectivity index (χ0n) is 14.8. The summed E-state index contributed by atoms with van der Waals surface area (Å²) >= 11 is 0. The number of carbonyl (C=O) groups excluding carboxylic acids is 2. The van der Waals surface area contributed by atoms with Gasteiger partial charge >= 0.3 is 6.03 Å². The van der Waals surface area contributed by atoms with Crippen molar-refractivity contribution in [3.63, 3.8) is 0 Å². The average molecular weight is 331 g/mol. The van der Waals surface area contributed by atoms with Gasteiger partial charge in [-0.2, -0.15) is 0 Å². The summed E-state index contributed by atoms with van der Waals surface area (Å²) in [5.74, 6) is 1.27. The molecule has 0 unspecified atom stereocenters. The monoisotopic (exact) mass is 331 g/mol. The Labute approximate surface area is 144 Å². The van der Waals surface area contributed by atoms with Gasteiger partial charge in [-0.05, 0) is 42.2 Å². The molecular formula is C19H29N3O2. The first kappa shape index (κ1) is 18.3. The van der Waals surface area contributed by atoms with Gasteiger partial charge < -0.3 is 16.4 Å². The third-order valence-electron chi connectivity index (χ3n) is 4.97. The maximum atomic E-state index is 12.5. The molecule has 1 aromatic rings. The van der Waals surface area contributed by atoms with Crippen molar-refractivity contribution >= 4 is 17.6 Å². The number of hydrogen-bond acceptors (Lipinski definition) is 2. The van der Waals surface area contributed by atoms with E-state index in [4.69, 9.17) is 5.73 Å². The van der Waals surface area contributed by atoms with Crippen molar-refractivity contribution in [2.24, 2.45) is 23.5 Å². The van der Waals surface area contributed by atoms with Gasteiger partial charge in [0.2, 0.25) is 5.91 Å². The predicted molar refractivity (Wildman–Crippen MR) is 96.6 cm³/mol. The standard InChI is InChI=1S/C19H29N3O2/c1-12(2)15-9-8-13(3)10-17(15)22-19(24)21-16-7-5-4-6-14(16)11-18(20)23/h4-7,12-13,15,17H,8-11H2,1-3H3,(H2,20,23)(H2,21,22,24)/t13-,15+,17-/m1/s1. The second-order valence-corrected chi connectivity index (χ2v) is 7.33. The van der Waals surface area contributed by atoms with Crippen LogP contribution >= 0.6 is 0 Å². The zero-order valence-corrected chi connectivity index (χ0v) is 14.8. The molecule has 0 saturated heterocycles. The molecule has 4 N–H and O–H groups in total. The SMILES string of the molecule is CC(C)[C@@H]1CC[C@@H](C)C[C@H]1NC(=O)Nc1ccccc1CC(N)=O. The van der Waals surface area contributed by atoms with Gasteiger partial charge in [0.15, 0.2) is 0 Å². The number of amides is 3. The number of carbonyl (C=O) groups is 2. The third kappa shape index (κ3) is 4.98. The maximum absolute atomic E-state index is 12.5. The van der Waals surface area contributed by atoms with Gasteiger partial charge in [-0.15, -0.1) is 0 Å². The molecule has 3 atom stereocenters. The van der Waals surface area contributed by atoms with Crippen LogP contribution in [0.3, 0.4) is 0 Å². The van der Waals surface area contributed by atoms with E-state index in [1.807, 2.05) is 12.1 Å². The number of nitrogens with two attached hydrogens (primary N) is 1. The van der Waals surface area contributed by atoms with E-state index in [-0.39, 0.29) is 18.5 Å². The highest BCUT2D eigenvalue weighted by Crippen LogP contribution is 2.33. The predicted octanol–water partition coefficient (Wildman–Crippen LogP) is 3.30. The highest BCUT2D eigenvalue weighted by molar-refractivity contribution is 5.91. The van der Waals surface area contributed by atoms with Gasteiger partial charge in [0.25, 0.3) is 0 Å². The molecule has 0 radical (unpaired) electrons. The number of hydrogen-bond donors (Lipinski definition) is 3. The van der Waals surface area contributed by atoms with Gasteiger partial charge in [0, 0.05) is 11.7 Å². The highest BCUT2D eigenvalue weighted by atomic mass is 16.2. The van der Waals surface area contributed by atoms with Crippen LogP contribution < -0.4 is 16.4 Å². The number of para-hydroxylation sites is 1. The van der Waals surface area contributed by atoms with Crippen molar-refractivity contribution < 1.29 is 9.59 Å². The molecule has 1 aliphatic rings. The lowest BCUT2D eigenvalue weighted by atomic mass is 9.74. The number of nitrogens with one attached hydrogen (secondary N) is 2. The largest absolute Gasteiger partial charge is 0.369 e. The van der Waals surface area contributed by atoms with Gasteiger partial charge in [0.05, 0.1) is 6.42 Å². The molecule has 132 valence electrons. The number of primary amides is 1. The van der Waals surface area contributed by atoms with Crippen LogP contribution in [0.5, 0.6) is 0 Å². The van der Waals surface area contributed by atoms with Gasteiger partial charge in [-0.25, -0.2) is 4.79 Å². The molecule has 5 heteroatoms. The molecule has 3 amide bonds. The fourth-order valence-corrected chi connectivity index (χ4v) is 3.68. The first-order valence-electron chi connectivity index (χ1n) is 8.80. The van der Waals surface area contributed by atoms with Crippen LogP contribution in [0.25, 0.3) is 0 Å². The molecule has 0 bridgehead atoms. The van der Waals surface area contributed by atoms with Gasteiger partial charge in [-0.3, -0.25) is 4.79 Å². The Bertz CT molecular complexity index is 586. The summed E-state index contributed by atoms with van der Waals surface area (Å²) in [7, 11) is 0. The first-order chi connectivity index (χ1) is 11.4. The Hall–Kier alpha value is -2.04. The minimum absolute atomic E-state index is 0.117. The van der Waals surface area contributed by atoms with Crippen LogP contribution in [0.4, 0.5) is 10.5 Å². The van der Waals surface area contributed by atoms with Crippen molar-refractivity contribution in [2.75, 3.05) is 5.32 Å². The van der Waals surface area contributed by atoms with Crippen LogP contribution in [-0.4, -0.2) is 18.0 Å². The van der Waals surface area contributed by atoms with E-state index in [1.165, 1.54) is 6.42 Å². The van der Waals surface area contributed by atoms with Crippen molar-refractivity contribution in [2.45, 2.75) is 52.5 Å². The normalized spacial score (nSPS) is 23.8. The molecule has 1 saturated carbocycles. The smallest absolute Gasteiger partial charge is 0.319 e. The van der Waals surface area contributed by atoms with Crippen LogP contribution in [0.15, 0.2) is 24.3 Å². The summed E-state index contributed by atoms with van der Waals surface area (Å²) in [5.41, 5.74) is 6.64. The van der Waals surface area contributed by atoms with Crippen LogP contribution in [0, 0.1) is 17.8 Å². The molecule has 0 spiro atoms. The molecule has 24 heavy (non-hydrogen) atoms. The minimum atomic E-state index is -0.411. The number of rotatable bonds is 5. The first-order valence-corrected chi connectivity index (χ1v) is 8.80. The summed E-state index contributed by atoms with van der Waals surface area (Å²) in [6.45, 7) is 6.68. The highest BCUT2D eigenvalue weighted by Gasteiger charge is 2.31. The van der Waals surface area contributed by atoms with Crippen molar-refractivity contribution in [1.29, 1.82) is 0 Å². The quantitative estimate of drug-likeness (QED) is 0.773. The van der Waals surface area contributed by atoms with Gasteiger partial charge in [-0.1, -0.05) is 45.4 Å². The Morgan fingerprint density at radius 1 is 1.25 bits per heavy atom. The zero-order chi connectivity index (χ0) is 17.7. The van der Waals surface area contributed by atoms with Crippen LogP contribution in [0.2, 0.25) is 0 Å². The molecule has 0 aromatic heterocycles. The molecule has 5 nitrogen and oxygen atoms in total. The van der Waals surface area contributed by atoms with Crippen LogP contribution in [0.1, 0.15) is 45.6 Å². The Morgan fingerprint density at radius 2 is 1.96 bits per heavy atom. The minimum Gasteiger partial charge on any atom is -0.369 e. The fraction of sp³-hybridized carbons (Fsp3) is 0.579. The Morgan fingerprint density at radius 3 is 2.62 bits per heavy atom. The lowest BCUT2D eigenvalue weighted by Gasteiger charge is -2.37. The van der Waals surface area contributed by atoms with E-state index in [9.17, 15) is 9.59 Å². The maximum Gasteiger partial charge on any atom is 0.319 e. The van der Waals surface area contributed by atoms with E-state index in [1.54, 1.807) is 12.1 Å². The second-order valence-electron chi connectivity index (χ2n) is 7.33. The van der Waals surface area contributed by atoms with E-state index < -0.39 is 5.91 Å². The summed E-state index contributed by atoms with van der Waals surface area (Å²) in [4.78, 5) is 23.6. The lowest BCUT2D eigenvalue weighted by Crippen LogP contribution is -2.47. The Balaban J connectivity index is 2.03. The molecule has 1 fully saturated rings. The molecular weight excluding hydrogens is 302 g/mol. The van der Waals surface area contributed by atoms with E-state index in [0.29, 0.717) is 23.4 Å². The number of urea groups is 1. The summed E-state index contributed by atoms with van der Waals surface area (Å²) in [6.07, 6.45) is 3.51. The molecule has 2 rings (SSSR count). The molecule has 1 aliphatic carbocycles. The third-order valence-corrected chi connectivity index (χ3v) is 4.97. The molecule has 0 heterocycles. The second kappa shape index (κ2) is 8.18. The summed E-state index contributed by atoms with van der Waals surface area (Å²) in [6, 6.07) is 7.24. The van der Waals surface area contributed by atoms with Crippen molar-refractivity contribution in [3.8, 4) is 0 Å². The average Bonchev–Trinajstić information content (AvgIpc) is 2.48. The lowest BCUT2D eigenvalue weighted by molar-refractivity contribution is -0.117. The van der Waals surface area contributed by atoms with E-state index in [2.05, 4.69) is 31.4 Å². The summed E-state index contributed by atoms with van der Waals surface area (Å²) < 4.78 is 0. The van der Waals surface area contributed by atoms with E-state index in [0.717, 1.165) is 18.4 Å². The summed E-state index contributed by atoms with van der Waals surface area (Å²) in [5, 5.41) is 6.02. The van der Waals surface area contributed by atoms with Crippen molar-refractivity contribution in [3.05, 3.63) is 29.8 Å². The molecule has 1 aromatic carbocycles.